The number of rotatable bonds is 7. The van der Waals surface area contributed by atoms with Crippen LogP contribution >= 0.6 is 11.8 Å². The summed E-state index contributed by atoms with van der Waals surface area (Å²) in [6.07, 6.45) is 1.34. The van der Waals surface area contributed by atoms with E-state index in [9.17, 15) is 15.3 Å². The van der Waals surface area contributed by atoms with E-state index in [1.165, 1.54) is 0 Å². The highest BCUT2D eigenvalue weighted by Crippen LogP contribution is 2.37. The number of thioether (sulfide) groups is 1. The van der Waals surface area contributed by atoms with Gasteiger partial charge in [0.1, 0.15) is 34.3 Å². The Labute approximate surface area is 190 Å². The Kier molecular flexibility index (Phi) is 7.14. The number of amides is 1. The molecular weight excluding hydrogens is 424 g/mol. The van der Waals surface area contributed by atoms with Gasteiger partial charge >= 0.3 is 0 Å². The summed E-state index contributed by atoms with van der Waals surface area (Å²) in [6, 6.07) is 13.5. The smallest absolute Gasteiger partial charge is 0.239 e. The number of benzene rings is 1. The molecule has 0 spiro atoms. The molecule has 1 aromatic carbocycles. The zero-order chi connectivity index (χ0) is 23.3. The second kappa shape index (κ2) is 9.99. The summed E-state index contributed by atoms with van der Waals surface area (Å²) in [4.78, 5) is 17.1. The maximum atomic E-state index is 12.8. The van der Waals surface area contributed by atoms with Crippen molar-refractivity contribution in [2.75, 3.05) is 11.1 Å². The molecule has 0 bridgehead atoms. The third kappa shape index (κ3) is 4.74. The molecule has 3 N–H and O–H groups in total. The molecule has 8 nitrogen and oxygen atoms in total. The molecule has 2 heterocycles. The number of hydrogen-bond donors (Lipinski definition) is 2. The number of nitrogens with one attached hydrogen (secondary N) is 1. The van der Waals surface area contributed by atoms with Crippen LogP contribution < -0.4 is 11.1 Å². The first kappa shape index (κ1) is 22.9. The number of nitrogens with two attached hydrogens (primary N) is 1. The minimum atomic E-state index is -0.561. The zero-order valence-corrected chi connectivity index (χ0v) is 18.8. The molecular formula is C23H22N6O2S. The van der Waals surface area contributed by atoms with Crippen LogP contribution in [-0.4, -0.2) is 21.3 Å². The lowest BCUT2D eigenvalue weighted by molar-refractivity contribution is -0.115. The fourth-order valence-electron chi connectivity index (χ4n) is 3.17. The van der Waals surface area contributed by atoms with E-state index < -0.39 is 5.25 Å². The van der Waals surface area contributed by atoms with E-state index in [1.54, 1.807) is 13.0 Å². The van der Waals surface area contributed by atoms with Gasteiger partial charge in [0.2, 0.25) is 5.91 Å². The molecule has 1 atom stereocenters. The number of aryl methyl sites for hydroxylation is 2. The zero-order valence-electron chi connectivity index (χ0n) is 18.0. The molecule has 1 unspecified atom stereocenters. The first-order valence-electron chi connectivity index (χ1n) is 10.1. The number of nitriles is 2. The second-order valence-electron chi connectivity index (χ2n) is 7.03. The summed E-state index contributed by atoms with van der Waals surface area (Å²) in [5.74, 6) is 0.614. The average Bonchev–Trinajstić information content (AvgIpc) is 3.21. The van der Waals surface area contributed by atoms with E-state index in [-0.39, 0.29) is 22.9 Å². The van der Waals surface area contributed by atoms with Crippen LogP contribution in [0.5, 0.6) is 0 Å². The van der Waals surface area contributed by atoms with Crippen LogP contribution in [0, 0.1) is 29.6 Å². The normalized spacial score (nSPS) is 11.4. The van der Waals surface area contributed by atoms with Crippen LogP contribution in [0.1, 0.15) is 42.7 Å². The number of nitrogen functional groups attached to an aromatic ring is 1. The number of aromatic nitrogens is 2. The van der Waals surface area contributed by atoms with E-state index in [2.05, 4.69) is 27.6 Å². The van der Waals surface area contributed by atoms with Crippen molar-refractivity contribution >= 4 is 29.3 Å². The number of nitrogens with zero attached hydrogens (tertiary/aromatic N) is 4. The van der Waals surface area contributed by atoms with E-state index in [4.69, 9.17) is 10.3 Å². The Balaban J connectivity index is 2.02. The van der Waals surface area contributed by atoms with Crippen molar-refractivity contribution in [1.29, 1.82) is 10.5 Å². The minimum absolute atomic E-state index is 0.0194. The van der Waals surface area contributed by atoms with E-state index in [0.29, 0.717) is 34.2 Å². The highest BCUT2D eigenvalue weighted by Gasteiger charge is 2.26. The Hall–Kier alpha value is -3.82. The summed E-state index contributed by atoms with van der Waals surface area (Å²) in [5, 5.41) is 25.9. The van der Waals surface area contributed by atoms with Gasteiger partial charge in [-0.05, 0) is 30.9 Å². The number of anilines is 2. The first-order chi connectivity index (χ1) is 15.4. The van der Waals surface area contributed by atoms with Crippen molar-refractivity contribution in [1.82, 2.24) is 10.1 Å². The molecule has 1 amide bonds. The van der Waals surface area contributed by atoms with Crippen molar-refractivity contribution in [2.45, 2.75) is 43.9 Å². The van der Waals surface area contributed by atoms with Gasteiger partial charge in [0, 0.05) is 11.6 Å². The fourth-order valence-corrected chi connectivity index (χ4v) is 4.19. The molecule has 3 rings (SSSR count). The molecule has 0 aliphatic carbocycles. The Morgan fingerprint density at radius 2 is 1.91 bits per heavy atom. The Morgan fingerprint density at radius 1 is 1.22 bits per heavy atom. The van der Waals surface area contributed by atoms with Crippen LogP contribution in [0.4, 0.5) is 11.6 Å². The monoisotopic (exact) mass is 446 g/mol. The summed E-state index contributed by atoms with van der Waals surface area (Å²) in [7, 11) is 0. The van der Waals surface area contributed by atoms with E-state index >= 15 is 0 Å². The topological polar surface area (TPSA) is 142 Å². The molecule has 32 heavy (non-hydrogen) atoms. The Bertz CT molecular complexity index is 1220. The molecule has 9 heteroatoms. The summed E-state index contributed by atoms with van der Waals surface area (Å²) < 4.78 is 4.98. The average molecular weight is 447 g/mol. The number of hydrogen-bond acceptors (Lipinski definition) is 8. The molecule has 0 aliphatic heterocycles. The van der Waals surface area contributed by atoms with Crippen molar-refractivity contribution in [3.05, 3.63) is 52.8 Å². The maximum Gasteiger partial charge on any atom is 0.239 e. The molecule has 2 aromatic heterocycles. The van der Waals surface area contributed by atoms with Gasteiger partial charge < -0.3 is 15.6 Å². The molecule has 162 valence electrons. The fraction of sp³-hybridized carbons (Fsp3) is 0.261. The van der Waals surface area contributed by atoms with Gasteiger partial charge in [-0.25, -0.2) is 4.98 Å². The quantitative estimate of drug-likeness (QED) is 0.507. The van der Waals surface area contributed by atoms with Gasteiger partial charge in [-0.1, -0.05) is 55.0 Å². The third-order valence-electron chi connectivity index (χ3n) is 4.86. The summed E-state index contributed by atoms with van der Waals surface area (Å²) in [5.41, 5.74) is 8.71. The number of carbonyl (C=O) groups excluding carboxylic acids is 1. The van der Waals surface area contributed by atoms with Crippen LogP contribution in [0.25, 0.3) is 11.1 Å². The largest absolute Gasteiger partial charge is 0.383 e. The lowest BCUT2D eigenvalue weighted by Gasteiger charge is -2.17. The van der Waals surface area contributed by atoms with Gasteiger partial charge in [-0.3, -0.25) is 4.79 Å². The predicted molar refractivity (Wildman–Crippen MR) is 123 cm³/mol. The Morgan fingerprint density at radius 3 is 2.44 bits per heavy atom. The SMILES string of the molecule is CCc1ccc(-c2c(C#N)c(N)nc(SC(CC)C(=O)Nc3cc(C)on3)c2C#N)cc1. The van der Waals surface area contributed by atoms with Gasteiger partial charge in [0.15, 0.2) is 5.82 Å². The summed E-state index contributed by atoms with van der Waals surface area (Å²) in [6.45, 7) is 5.63. The molecule has 0 fully saturated rings. The molecule has 0 aliphatic rings. The third-order valence-corrected chi connectivity index (χ3v) is 6.21. The molecule has 3 aromatic rings. The van der Waals surface area contributed by atoms with Crippen molar-refractivity contribution < 1.29 is 9.32 Å². The highest BCUT2D eigenvalue weighted by atomic mass is 32.2. The van der Waals surface area contributed by atoms with Crippen LogP contribution in [-0.2, 0) is 11.2 Å². The second-order valence-corrected chi connectivity index (χ2v) is 8.22. The van der Waals surface area contributed by atoms with E-state index in [0.717, 1.165) is 23.7 Å². The number of pyridine rings is 1. The van der Waals surface area contributed by atoms with Gasteiger partial charge in [0.05, 0.1) is 10.8 Å². The van der Waals surface area contributed by atoms with E-state index in [1.807, 2.05) is 38.1 Å². The van der Waals surface area contributed by atoms with Gasteiger partial charge in [0.25, 0.3) is 0 Å². The lowest BCUT2D eigenvalue weighted by Crippen LogP contribution is -2.25. The van der Waals surface area contributed by atoms with Crippen LogP contribution in [0.15, 0.2) is 39.9 Å². The van der Waals surface area contributed by atoms with Crippen molar-refractivity contribution in [3.63, 3.8) is 0 Å². The first-order valence-corrected chi connectivity index (χ1v) is 10.9. The van der Waals surface area contributed by atoms with Crippen LogP contribution in [0.2, 0.25) is 0 Å². The maximum absolute atomic E-state index is 12.8. The predicted octanol–water partition coefficient (Wildman–Crippen LogP) is 4.44. The van der Waals surface area contributed by atoms with Gasteiger partial charge in [-0.2, -0.15) is 10.5 Å². The molecule has 0 saturated carbocycles. The highest BCUT2D eigenvalue weighted by molar-refractivity contribution is 8.00. The minimum Gasteiger partial charge on any atom is -0.383 e. The number of carbonyl (C=O) groups is 1. The standard InChI is InChI=1S/C23H22N6O2S/c1-4-14-6-8-15(9-7-14)20-16(11-24)21(26)28-23(17(20)12-25)32-18(5-2)22(30)27-19-10-13(3)31-29-19/h6-10,18H,4-5H2,1-3H3,(H2,26,28)(H,27,29,30). The summed E-state index contributed by atoms with van der Waals surface area (Å²) >= 11 is 1.13. The lowest BCUT2D eigenvalue weighted by atomic mass is 9.96. The van der Waals surface area contributed by atoms with Crippen molar-refractivity contribution in [2.24, 2.45) is 0 Å². The van der Waals surface area contributed by atoms with Gasteiger partial charge in [-0.15, -0.1) is 0 Å². The molecule has 0 radical (unpaired) electrons. The van der Waals surface area contributed by atoms with Crippen molar-refractivity contribution in [3.8, 4) is 23.3 Å². The van der Waals surface area contributed by atoms with Crippen LogP contribution in [0.3, 0.4) is 0 Å². The molecule has 0 saturated heterocycles.